The van der Waals surface area contributed by atoms with E-state index in [2.05, 4.69) is 35.3 Å². The average molecular weight is 264 g/mol. The van der Waals surface area contributed by atoms with Crippen molar-refractivity contribution in [1.82, 2.24) is 10.1 Å². The number of aliphatic hydroxyl groups excluding tert-OH is 1. The van der Waals surface area contributed by atoms with E-state index in [1.54, 1.807) is 11.8 Å². The van der Waals surface area contributed by atoms with E-state index in [4.69, 9.17) is 9.63 Å². The van der Waals surface area contributed by atoms with Gasteiger partial charge in [0.1, 0.15) is 0 Å². The topological polar surface area (TPSA) is 59.2 Å². The number of aliphatic hydroxyl groups is 1. The summed E-state index contributed by atoms with van der Waals surface area (Å²) in [5.74, 6) is 2.00. The average Bonchev–Trinajstić information content (AvgIpc) is 2.82. The maximum Gasteiger partial charge on any atom is 0.226 e. The smallest absolute Gasteiger partial charge is 0.226 e. The van der Waals surface area contributed by atoms with Crippen molar-refractivity contribution in [2.45, 2.75) is 30.4 Å². The highest BCUT2D eigenvalue weighted by Crippen LogP contribution is 2.22. The van der Waals surface area contributed by atoms with Gasteiger partial charge in [0.2, 0.25) is 5.89 Å². The molecule has 4 nitrogen and oxygen atoms in total. The lowest BCUT2D eigenvalue weighted by Gasteiger charge is -1.99. The summed E-state index contributed by atoms with van der Waals surface area (Å²) in [6.07, 6.45) is 1.30. The van der Waals surface area contributed by atoms with Crippen molar-refractivity contribution in [2.24, 2.45) is 0 Å². The molecule has 1 N–H and O–H groups in total. The van der Waals surface area contributed by atoms with E-state index in [9.17, 15) is 0 Å². The molecule has 0 saturated carbocycles. The van der Waals surface area contributed by atoms with Crippen molar-refractivity contribution >= 4 is 11.8 Å². The highest BCUT2D eigenvalue weighted by molar-refractivity contribution is 7.98. The van der Waals surface area contributed by atoms with Crippen LogP contribution >= 0.6 is 11.8 Å². The van der Waals surface area contributed by atoms with Crippen LogP contribution in [0, 0.1) is 6.92 Å². The maximum absolute atomic E-state index is 8.72. The summed E-state index contributed by atoms with van der Waals surface area (Å²) < 4.78 is 5.09. The molecule has 0 radical (unpaired) electrons. The van der Waals surface area contributed by atoms with Crippen LogP contribution in [0.1, 0.15) is 23.7 Å². The van der Waals surface area contributed by atoms with Gasteiger partial charge >= 0.3 is 0 Å². The molecule has 0 bridgehead atoms. The molecule has 0 saturated heterocycles. The minimum atomic E-state index is 0.149. The zero-order valence-corrected chi connectivity index (χ0v) is 11.1. The van der Waals surface area contributed by atoms with Gasteiger partial charge in [0, 0.05) is 17.9 Å². The summed E-state index contributed by atoms with van der Waals surface area (Å²) in [5.41, 5.74) is 1.25. The summed E-state index contributed by atoms with van der Waals surface area (Å²) in [5, 5.41) is 12.6. The summed E-state index contributed by atoms with van der Waals surface area (Å²) in [7, 11) is 0. The molecule has 0 fully saturated rings. The fraction of sp³-hybridized carbons (Fsp3) is 0.385. The normalized spacial score (nSPS) is 10.8. The fourth-order valence-corrected chi connectivity index (χ4v) is 2.39. The molecule has 1 aromatic carbocycles. The molecule has 0 spiro atoms. The number of aromatic nitrogens is 2. The first kappa shape index (κ1) is 13.1. The maximum atomic E-state index is 8.72. The van der Waals surface area contributed by atoms with E-state index < -0.39 is 0 Å². The molecule has 0 aliphatic carbocycles. The Morgan fingerprint density at radius 1 is 1.39 bits per heavy atom. The second-order valence-corrected chi connectivity index (χ2v) is 5.09. The van der Waals surface area contributed by atoms with Crippen LogP contribution in [0.3, 0.4) is 0 Å². The molecule has 2 rings (SSSR count). The molecule has 0 amide bonds. The largest absolute Gasteiger partial charge is 0.396 e. The molecule has 18 heavy (non-hydrogen) atoms. The Labute approximate surface area is 110 Å². The molecule has 2 aromatic rings. The zero-order chi connectivity index (χ0) is 12.8. The van der Waals surface area contributed by atoms with Crippen LogP contribution < -0.4 is 0 Å². The van der Waals surface area contributed by atoms with Crippen molar-refractivity contribution < 1.29 is 9.63 Å². The number of aryl methyl sites for hydroxylation is 2. The van der Waals surface area contributed by atoms with Gasteiger partial charge in [-0.25, -0.2) is 0 Å². The molecule has 1 heterocycles. The highest BCUT2D eigenvalue weighted by atomic mass is 32.2. The monoisotopic (exact) mass is 264 g/mol. The number of benzene rings is 1. The third-order valence-corrected chi connectivity index (χ3v) is 3.41. The van der Waals surface area contributed by atoms with Gasteiger partial charge < -0.3 is 9.63 Å². The molecule has 1 aromatic heterocycles. The number of hydrogen-bond donors (Lipinski definition) is 1. The molecule has 0 aliphatic heterocycles. The fourth-order valence-electron chi connectivity index (χ4n) is 1.53. The van der Waals surface area contributed by atoms with Crippen LogP contribution in [0.5, 0.6) is 0 Å². The Hall–Kier alpha value is -1.33. The number of thioether (sulfide) groups is 1. The highest BCUT2D eigenvalue weighted by Gasteiger charge is 2.06. The molecule has 0 atom stereocenters. The minimum Gasteiger partial charge on any atom is -0.396 e. The molecule has 0 aliphatic rings. The Morgan fingerprint density at radius 3 is 3.06 bits per heavy atom. The van der Waals surface area contributed by atoms with Gasteiger partial charge in [0.05, 0.1) is 5.75 Å². The third kappa shape index (κ3) is 3.85. The first-order chi connectivity index (χ1) is 8.78. The third-order valence-electron chi connectivity index (χ3n) is 2.42. The standard InChI is InChI=1S/C13H16N2O2S/c1-10-4-2-5-11(8-10)18-9-12-14-13(17-15-12)6-3-7-16/h2,4-5,8,16H,3,6-7,9H2,1H3. The van der Waals surface area contributed by atoms with Gasteiger partial charge in [0.15, 0.2) is 5.82 Å². The number of hydrogen-bond acceptors (Lipinski definition) is 5. The SMILES string of the molecule is Cc1cccc(SCc2noc(CCCO)n2)c1. The molecule has 0 unspecified atom stereocenters. The van der Waals surface area contributed by atoms with Crippen molar-refractivity contribution in [3.05, 3.63) is 41.5 Å². The lowest BCUT2D eigenvalue weighted by Crippen LogP contribution is -1.90. The van der Waals surface area contributed by atoms with Crippen molar-refractivity contribution in [3.63, 3.8) is 0 Å². The quantitative estimate of drug-likeness (QED) is 0.813. The van der Waals surface area contributed by atoms with Crippen LogP contribution in [0.25, 0.3) is 0 Å². The predicted molar refractivity (Wildman–Crippen MR) is 70.4 cm³/mol. The molecular formula is C13H16N2O2S. The van der Waals surface area contributed by atoms with Gasteiger partial charge in [0.25, 0.3) is 0 Å². The van der Waals surface area contributed by atoms with Gasteiger partial charge in [-0.05, 0) is 25.5 Å². The van der Waals surface area contributed by atoms with Gasteiger partial charge in [-0.1, -0.05) is 22.9 Å². The van der Waals surface area contributed by atoms with Crippen molar-refractivity contribution in [1.29, 1.82) is 0 Å². The summed E-state index contributed by atoms with van der Waals surface area (Å²) in [4.78, 5) is 5.48. The van der Waals surface area contributed by atoms with Gasteiger partial charge in [-0.2, -0.15) is 4.98 Å². The number of rotatable bonds is 6. The Morgan fingerprint density at radius 2 is 2.28 bits per heavy atom. The zero-order valence-electron chi connectivity index (χ0n) is 10.3. The van der Waals surface area contributed by atoms with Crippen LogP contribution in [0.2, 0.25) is 0 Å². The second-order valence-electron chi connectivity index (χ2n) is 4.04. The summed E-state index contributed by atoms with van der Waals surface area (Å²) in [6, 6.07) is 8.33. The first-order valence-corrected chi connectivity index (χ1v) is 6.88. The Kier molecular flexibility index (Phi) is 4.78. The summed E-state index contributed by atoms with van der Waals surface area (Å²) >= 11 is 1.69. The molecular weight excluding hydrogens is 248 g/mol. The molecule has 5 heteroatoms. The predicted octanol–water partition coefficient (Wildman–Crippen LogP) is 2.60. The van der Waals surface area contributed by atoms with E-state index in [1.165, 1.54) is 10.5 Å². The van der Waals surface area contributed by atoms with Crippen molar-refractivity contribution in [3.8, 4) is 0 Å². The first-order valence-electron chi connectivity index (χ1n) is 5.90. The van der Waals surface area contributed by atoms with Crippen LogP contribution in [-0.4, -0.2) is 21.9 Å². The lowest BCUT2D eigenvalue weighted by atomic mass is 10.2. The second kappa shape index (κ2) is 6.56. The lowest BCUT2D eigenvalue weighted by molar-refractivity contribution is 0.278. The molecule has 96 valence electrons. The van der Waals surface area contributed by atoms with Crippen LogP contribution in [0.15, 0.2) is 33.7 Å². The van der Waals surface area contributed by atoms with E-state index in [-0.39, 0.29) is 6.61 Å². The Bertz CT molecular complexity index is 499. The number of nitrogens with zero attached hydrogens (tertiary/aromatic N) is 2. The van der Waals surface area contributed by atoms with E-state index in [0.29, 0.717) is 30.3 Å². The van der Waals surface area contributed by atoms with Crippen LogP contribution in [0.4, 0.5) is 0 Å². The van der Waals surface area contributed by atoms with E-state index in [0.717, 1.165) is 0 Å². The Balaban J connectivity index is 1.88. The van der Waals surface area contributed by atoms with Crippen molar-refractivity contribution in [2.75, 3.05) is 6.61 Å². The van der Waals surface area contributed by atoms with E-state index in [1.807, 2.05) is 6.07 Å². The van der Waals surface area contributed by atoms with E-state index >= 15 is 0 Å². The van der Waals surface area contributed by atoms with Crippen LogP contribution in [-0.2, 0) is 12.2 Å². The summed E-state index contributed by atoms with van der Waals surface area (Å²) in [6.45, 7) is 2.22. The minimum absolute atomic E-state index is 0.149. The van der Waals surface area contributed by atoms with Gasteiger partial charge in [-0.15, -0.1) is 11.8 Å². The van der Waals surface area contributed by atoms with Gasteiger partial charge in [-0.3, -0.25) is 0 Å².